The van der Waals surface area contributed by atoms with E-state index in [9.17, 15) is 23.2 Å². The normalized spacial score (nSPS) is 45.3. The predicted molar refractivity (Wildman–Crippen MR) is 146 cm³/mol. The number of rotatable bonds is 7. The second-order valence-electron chi connectivity index (χ2n) is 14.4. The first kappa shape index (κ1) is 29.5. The Bertz CT molecular complexity index is 938. The SMILES string of the molecule is CC(C)C(C=CC(C)C1CCC2C3CC(O)C4CC(O)C(OS(=O)(=O)O)CC4(C)C3CCC12C)C(C)C. The van der Waals surface area contributed by atoms with Crippen LogP contribution in [0.5, 0.6) is 0 Å². The van der Waals surface area contributed by atoms with Crippen molar-refractivity contribution in [2.24, 2.45) is 64.1 Å². The topological polar surface area (TPSA) is 104 Å². The van der Waals surface area contributed by atoms with Crippen LogP contribution in [0.25, 0.3) is 0 Å². The summed E-state index contributed by atoms with van der Waals surface area (Å²) in [6.07, 6.45) is 8.48. The highest BCUT2D eigenvalue weighted by Gasteiger charge is 2.63. The molecule has 0 aromatic heterocycles. The highest BCUT2D eigenvalue weighted by Crippen LogP contribution is 2.68. The standard InChI is InChI=1S/C30H52O6S/c1-17(2)20(18(3)4)9-8-19(5)22-10-11-23-21-14-26(31)25-15-27(32)28(36-37(33,34)35)16-30(25,7)24(21)12-13-29(22,23)6/h8-9,17-28,31-32H,10-16H2,1-7H3,(H,33,34,35). The van der Waals surface area contributed by atoms with Crippen molar-refractivity contribution < 1.29 is 27.4 Å². The van der Waals surface area contributed by atoms with Crippen LogP contribution in [0.4, 0.5) is 0 Å². The molecule has 4 saturated carbocycles. The van der Waals surface area contributed by atoms with Crippen molar-refractivity contribution in [1.29, 1.82) is 0 Å². The van der Waals surface area contributed by atoms with Gasteiger partial charge in [-0.3, -0.25) is 4.55 Å². The molecule has 4 fully saturated rings. The fourth-order valence-electron chi connectivity index (χ4n) is 10.1. The Morgan fingerprint density at radius 1 is 0.838 bits per heavy atom. The van der Waals surface area contributed by atoms with E-state index in [2.05, 4.69) is 60.6 Å². The second-order valence-corrected chi connectivity index (χ2v) is 15.4. The molecule has 11 unspecified atom stereocenters. The van der Waals surface area contributed by atoms with Crippen LogP contribution in [0.3, 0.4) is 0 Å². The zero-order valence-electron chi connectivity index (χ0n) is 24.0. The molecule has 0 bridgehead atoms. The van der Waals surface area contributed by atoms with Crippen LogP contribution in [0.1, 0.15) is 93.4 Å². The number of allylic oxidation sites excluding steroid dienone is 2. The van der Waals surface area contributed by atoms with Crippen LogP contribution in [0.2, 0.25) is 0 Å². The lowest BCUT2D eigenvalue weighted by Gasteiger charge is -2.63. The van der Waals surface area contributed by atoms with Gasteiger partial charge in [-0.2, -0.15) is 8.42 Å². The number of aliphatic hydroxyl groups excluding tert-OH is 2. The molecule has 7 heteroatoms. The maximum atomic E-state index is 11.5. The summed E-state index contributed by atoms with van der Waals surface area (Å²) >= 11 is 0. The Labute approximate surface area is 225 Å². The van der Waals surface area contributed by atoms with Gasteiger partial charge in [-0.1, -0.05) is 60.6 Å². The highest BCUT2D eigenvalue weighted by molar-refractivity contribution is 7.80. The van der Waals surface area contributed by atoms with Crippen LogP contribution in [-0.4, -0.2) is 41.5 Å². The monoisotopic (exact) mass is 540 g/mol. The Morgan fingerprint density at radius 2 is 1.46 bits per heavy atom. The van der Waals surface area contributed by atoms with Gasteiger partial charge in [0.15, 0.2) is 0 Å². The summed E-state index contributed by atoms with van der Waals surface area (Å²) in [6.45, 7) is 16.3. The number of aliphatic hydroxyl groups is 2. The van der Waals surface area contributed by atoms with E-state index in [1.54, 1.807) is 0 Å². The molecule has 0 radical (unpaired) electrons. The lowest BCUT2D eigenvalue weighted by atomic mass is 9.43. The minimum Gasteiger partial charge on any atom is -0.393 e. The minimum absolute atomic E-state index is 0.0857. The van der Waals surface area contributed by atoms with Crippen LogP contribution in [0.15, 0.2) is 12.2 Å². The van der Waals surface area contributed by atoms with Gasteiger partial charge in [0.05, 0.1) is 12.2 Å². The Hall–Kier alpha value is -0.470. The molecule has 4 aliphatic carbocycles. The Balaban J connectivity index is 1.55. The molecule has 0 amide bonds. The highest BCUT2D eigenvalue weighted by atomic mass is 32.3. The Morgan fingerprint density at radius 3 is 2.05 bits per heavy atom. The molecule has 37 heavy (non-hydrogen) atoms. The molecule has 4 rings (SSSR count). The van der Waals surface area contributed by atoms with Gasteiger partial charge in [0, 0.05) is 0 Å². The number of hydrogen-bond donors (Lipinski definition) is 3. The Kier molecular flexibility index (Phi) is 8.37. The fourth-order valence-corrected chi connectivity index (χ4v) is 10.6. The second kappa shape index (κ2) is 10.5. The van der Waals surface area contributed by atoms with Crippen molar-refractivity contribution >= 4 is 10.4 Å². The summed E-state index contributed by atoms with van der Waals surface area (Å²) in [4.78, 5) is 0. The van der Waals surface area contributed by atoms with Gasteiger partial charge in [-0.15, -0.1) is 0 Å². The van der Waals surface area contributed by atoms with Crippen LogP contribution in [0, 0.1) is 64.1 Å². The molecule has 6 nitrogen and oxygen atoms in total. The van der Waals surface area contributed by atoms with E-state index >= 15 is 0 Å². The van der Waals surface area contributed by atoms with Crippen molar-refractivity contribution in [1.82, 2.24) is 0 Å². The first-order valence-electron chi connectivity index (χ1n) is 14.8. The molecular weight excluding hydrogens is 488 g/mol. The van der Waals surface area contributed by atoms with Gasteiger partial charge in [-0.25, -0.2) is 4.18 Å². The molecule has 3 N–H and O–H groups in total. The van der Waals surface area contributed by atoms with Crippen LogP contribution in [-0.2, 0) is 14.6 Å². The first-order valence-corrected chi connectivity index (χ1v) is 16.1. The number of fused-ring (bicyclic) bond motifs is 5. The molecule has 214 valence electrons. The molecule has 0 aromatic carbocycles. The molecule has 0 spiro atoms. The van der Waals surface area contributed by atoms with Crippen molar-refractivity contribution in [2.75, 3.05) is 0 Å². The van der Waals surface area contributed by atoms with E-state index in [-0.39, 0.29) is 16.7 Å². The zero-order chi connectivity index (χ0) is 27.5. The van der Waals surface area contributed by atoms with Crippen molar-refractivity contribution in [3.8, 4) is 0 Å². The van der Waals surface area contributed by atoms with E-state index in [1.165, 1.54) is 12.8 Å². The minimum atomic E-state index is -4.66. The van der Waals surface area contributed by atoms with Gasteiger partial charge in [0.25, 0.3) is 0 Å². The summed E-state index contributed by atoms with van der Waals surface area (Å²) in [7, 11) is -4.66. The zero-order valence-corrected chi connectivity index (χ0v) is 24.8. The number of hydrogen-bond acceptors (Lipinski definition) is 5. The predicted octanol–water partition coefficient (Wildman–Crippen LogP) is 5.90. The van der Waals surface area contributed by atoms with Gasteiger partial charge in [0.2, 0.25) is 0 Å². The summed E-state index contributed by atoms with van der Waals surface area (Å²) < 4.78 is 37.2. The summed E-state index contributed by atoms with van der Waals surface area (Å²) in [5, 5.41) is 22.0. The van der Waals surface area contributed by atoms with Crippen LogP contribution < -0.4 is 0 Å². The molecule has 0 aromatic rings. The van der Waals surface area contributed by atoms with Crippen LogP contribution >= 0.6 is 0 Å². The lowest BCUT2D eigenvalue weighted by Crippen LogP contribution is -2.61. The molecule has 4 aliphatic rings. The quantitative estimate of drug-likeness (QED) is 0.275. The summed E-state index contributed by atoms with van der Waals surface area (Å²) in [5.41, 5.74) is -0.0961. The van der Waals surface area contributed by atoms with E-state index in [0.717, 1.165) is 19.3 Å². The molecule has 11 atom stereocenters. The largest absolute Gasteiger partial charge is 0.397 e. The van der Waals surface area contributed by atoms with Gasteiger partial charge in [-0.05, 0) is 109 Å². The maximum absolute atomic E-state index is 11.5. The molecular formula is C30H52O6S. The maximum Gasteiger partial charge on any atom is 0.397 e. The third kappa shape index (κ3) is 5.46. The summed E-state index contributed by atoms with van der Waals surface area (Å²) in [5.74, 6) is 4.19. The van der Waals surface area contributed by atoms with E-state index in [4.69, 9.17) is 4.18 Å². The van der Waals surface area contributed by atoms with Crippen molar-refractivity contribution in [3.63, 3.8) is 0 Å². The molecule has 0 aliphatic heterocycles. The first-order chi connectivity index (χ1) is 17.1. The lowest BCUT2D eigenvalue weighted by molar-refractivity contribution is -0.191. The third-order valence-electron chi connectivity index (χ3n) is 11.8. The van der Waals surface area contributed by atoms with Crippen molar-refractivity contribution in [2.45, 2.75) is 112 Å². The fraction of sp³-hybridized carbons (Fsp3) is 0.933. The van der Waals surface area contributed by atoms with E-state index in [0.29, 0.717) is 60.2 Å². The average Bonchev–Trinajstić information content (AvgIpc) is 3.11. The molecule has 0 saturated heterocycles. The summed E-state index contributed by atoms with van der Waals surface area (Å²) in [6, 6.07) is 0. The average molecular weight is 541 g/mol. The van der Waals surface area contributed by atoms with Crippen molar-refractivity contribution in [3.05, 3.63) is 12.2 Å². The van der Waals surface area contributed by atoms with Gasteiger partial charge >= 0.3 is 10.4 Å². The van der Waals surface area contributed by atoms with E-state index < -0.39 is 28.7 Å². The molecule has 0 heterocycles. The smallest absolute Gasteiger partial charge is 0.393 e. The van der Waals surface area contributed by atoms with Gasteiger partial charge < -0.3 is 10.2 Å². The van der Waals surface area contributed by atoms with E-state index in [1.807, 2.05) is 0 Å². The van der Waals surface area contributed by atoms with Gasteiger partial charge in [0.1, 0.15) is 6.10 Å². The third-order valence-corrected chi connectivity index (χ3v) is 12.3.